The molecular formula is C66H115NO13. The molecule has 2 aliphatic heterocycles. The summed E-state index contributed by atoms with van der Waals surface area (Å²) < 4.78 is 22.8. The molecule has 12 unspecified atom stereocenters. The Morgan fingerprint density at radius 2 is 0.875 bits per heavy atom. The summed E-state index contributed by atoms with van der Waals surface area (Å²) in [6.07, 6.45) is 52.0. The molecule has 2 rings (SSSR count). The summed E-state index contributed by atoms with van der Waals surface area (Å²) in [7, 11) is 0. The molecule has 9 N–H and O–H groups in total. The molecule has 0 aromatic rings. The van der Waals surface area contributed by atoms with Crippen molar-refractivity contribution in [2.75, 3.05) is 19.8 Å². The van der Waals surface area contributed by atoms with Crippen LogP contribution in [0.3, 0.4) is 0 Å². The zero-order chi connectivity index (χ0) is 58.1. The average Bonchev–Trinajstić information content (AvgIpc) is 3.46. The normalized spacial score (nSPS) is 24.8. The molecule has 0 radical (unpaired) electrons. The third-order valence-corrected chi connectivity index (χ3v) is 15.1. The van der Waals surface area contributed by atoms with E-state index in [2.05, 4.69) is 92.1 Å². The summed E-state index contributed by atoms with van der Waals surface area (Å²) in [4.78, 5) is 13.3. The van der Waals surface area contributed by atoms with Crippen molar-refractivity contribution in [3.05, 3.63) is 85.1 Å². The van der Waals surface area contributed by atoms with E-state index in [9.17, 15) is 45.6 Å². The Morgan fingerprint density at radius 1 is 0.463 bits per heavy atom. The van der Waals surface area contributed by atoms with Crippen molar-refractivity contribution in [1.29, 1.82) is 0 Å². The van der Waals surface area contributed by atoms with Gasteiger partial charge in [0.25, 0.3) is 0 Å². The molecule has 2 aliphatic rings. The van der Waals surface area contributed by atoms with Crippen molar-refractivity contribution in [2.45, 2.75) is 306 Å². The van der Waals surface area contributed by atoms with Crippen LogP contribution in [0, 0.1) is 0 Å². The number of hydrogen-bond donors (Lipinski definition) is 9. The number of aliphatic hydroxyl groups excluding tert-OH is 8. The predicted octanol–water partition coefficient (Wildman–Crippen LogP) is 11.7. The fraction of sp³-hybridized carbons (Fsp3) is 0.773. The Kier molecular flexibility index (Phi) is 46.4. The van der Waals surface area contributed by atoms with Crippen LogP contribution < -0.4 is 5.32 Å². The molecular weight excluding hydrogens is 1010 g/mol. The molecule has 14 nitrogen and oxygen atoms in total. The lowest BCUT2D eigenvalue weighted by molar-refractivity contribution is -0.359. The fourth-order valence-corrected chi connectivity index (χ4v) is 9.98. The number of ether oxygens (including phenoxy) is 4. The van der Waals surface area contributed by atoms with E-state index in [1.165, 1.54) is 122 Å². The number of rotatable bonds is 50. The van der Waals surface area contributed by atoms with E-state index in [-0.39, 0.29) is 18.9 Å². The maximum Gasteiger partial charge on any atom is 0.220 e. The maximum absolute atomic E-state index is 13.3. The first-order valence-corrected chi connectivity index (χ1v) is 31.8. The van der Waals surface area contributed by atoms with Gasteiger partial charge in [-0.1, -0.05) is 234 Å². The van der Waals surface area contributed by atoms with Crippen molar-refractivity contribution >= 4 is 5.91 Å². The first-order valence-electron chi connectivity index (χ1n) is 31.8. The van der Waals surface area contributed by atoms with Gasteiger partial charge in [-0.25, -0.2) is 0 Å². The van der Waals surface area contributed by atoms with Gasteiger partial charge in [0.15, 0.2) is 12.6 Å². The minimum atomic E-state index is -1.80. The number of allylic oxidation sites excluding steroid dienone is 13. The monoisotopic (exact) mass is 1130 g/mol. The lowest BCUT2D eigenvalue weighted by atomic mass is 9.97. The lowest BCUT2D eigenvalue weighted by Gasteiger charge is -2.46. The number of hydrogen-bond acceptors (Lipinski definition) is 13. The Labute approximate surface area is 484 Å². The molecule has 0 aliphatic carbocycles. The quantitative estimate of drug-likeness (QED) is 0.0204. The Morgan fingerprint density at radius 3 is 1.38 bits per heavy atom. The van der Waals surface area contributed by atoms with E-state index >= 15 is 0 Å². The first-order chi connectivity index (χ1) is 39.1. The van der Waals surface area contributed by atoms with E-state index in [1.807, 2.05) is 6.08 Å². The van der Waals surface area contributed by atoms with Gasteiger partial charge in [0.05, 0.1) is 32.0 Å². The van der Waals surface area contributed by atoms with Crippen LogP contribution in [-0.4, -0.2) is 140 Å². The van der Waals surface area contributed by atoms with E-state index in [4.69, 9.17) is 18.9 Å². The van der Waals surface area contributed by atoms with E-state index in [0.29, 0.717) is 12.8 Å². The second-order valence-electron chi connectivity index (χ2n) is 22.1. The van der Waals surface area contributed by atoms with Gasteiger partial charge in [0.1, 0.15) is 48.8 Å². The topological polar surface area (TPSA) is 228 Å². The second-order valence-corrected chi connectivity index (χ2v) is 22.1. The fourth-order valence-electron chi connectivity index (χ4n) is 9.98. The number of unbranched alkanes of at least 4 members (excludes halogenated alkanes) is 25. The average molecular weight is 1130 g/mol. The molecule has 0 bridgehead atoms. The minimum Gasteiger partial charge on any atom is -0.394 e. The molecule has 462 valence electrons. The third kappa shape index (κ3) is 35.3. The molecule has 0 spiro atoms. The highest BCUT2D eigenvalue weighted by Crippen LogP contribution is 2.30. The third-order valence-electron chi connectivity index (χ3n) is 15.1. The van der Waals surface area contributed by atoms with Gasteiger partial charge < -0.3 is 65.1 Å². The summed E-state index contributed by atoms with van der Waals surface area (Å²) in [6.45, 7) is 2.66. The summed E-state index contributed by atoms with van der Waals surface area (Å²) in [6, 6.07) is -0.948. The lowest BCUT2D eigenvalue weighted by Crippen LogP contribution is -2.65. The predicted molar refractivity (Wildman–Crippen MR) is 323 cm³/mol. The van der Waals surface area contributed by atoms with Gasteiger partial charge in [-0.3, -0.25) is 4.79 Å². The minimum absolute atomic E-state index is 0.247. The first kappa shape index (κ1) is 73.3. The van der Waals surface area contributed by atoms with Crippen LogP contribution in [0.1, 0.15) is 232 Å². The summed E-state index contributed by atoms with van der Waals surface area (Å²) in [5.41, 5.74) is 0. The van der Waals surface area contributed by atoms with Crippen molar-refractivity contribution < 1.29 is 64.6 Å². The zero-order valence-corrected chi connectivity index (χ0v) is 49.8. The van der Waals surface area contributed by atoms with Gasteiger partial charge in [-0.2, -0.15) is 0 Å². The van der Waals surface area contributed by atoms with Crippen LogP contribution >= 0.6 is 0 Å². The van der Waals surface area contributed by atoms with Crippen LogP contribution in [0.25, 0.3) is 0 Å². The second kappa shape index (κ2) is 50.7. The molecule has 0 aromatic carbocycles. The highest BCUT2D eigenvalue weighted by molar-refractivity contribution is 5.76. The van der Waals surface area contributed by atoms with Crippen molar-refractivity contribution in [3.63, 3.8) is 0 Å². The smallest absolute Gasteiger partial charge is 0.220 e. The zero-order valence-electron chi connectivity index (χ0n) is 49.8. The van der Waals surface area contributed by atoms with E-state index in [1.54, 1.807) is 6.08 Å². The Bertz CT molecular complexity index is 1660. The Balaban J connectivity index is 1.77. The van der Waals surface area contributed by atoms with E-state index in [0.717, 1.165) is 77.0 Å². The SMILES string of the molecule is CC/C=C\C/C=C\C/C=C\C/C=C\C/C=C\CCCCCCCC(=O)NC(COC1OC(CO)C(OC2OC(CO)C(O)C(O)C2O)C(O)C1O)C(O)/C=C/CC/C=C/CCCCCCCCCCCCCCCCCCCCC. The molecule has 1 amide bonds. The molecule has 2 heterocycles. The summed E-state index contributed by atoms with van der Waals surface area (Å²) in [5, 5.41) is 87.2. The summed E-state index contributed by atoms with van der Waals surface area (Å²) in [5.74, 6) is -0.269. The molecule has 2 fully saturated rings. The highest BCUT2D eigenvalue weighted by atomic mass is 16.7. The van der Waals surface area contributed by atoms with Gasteiger partial charge in [0.2, 0.25) is 5.91 Å². The number of amides is 1. The molecule has 14 heteroatoms. The number of carbonyl (C=O) groups is 1. The van der Waals surface area contributed by atoms with Gasteiger partial charge in [-0.05, 0) is 77.0 Å². The van der Waals surface area contributed by atoms with Crippen LogP contribution in [0.4, 0.5) is 0 Å². The number of carbonyl (C=O) groups excluding carboxylic acids is 1. The van der Waals surface area contributed by atoms with Crippen molar-refractivity contribution in [2.24, 2.45) is 0 Å². The van der Waals surface area contributed by atoms with Crippen LogP contribution in [0.15, 0.2) is 85.1 Å². The maximum atomic E-state index is 13.3. The van der Waals surface area contributed by atoms with Crippen LogP contribution in [0.2, 0.25) is 0 Å². The molecule has 80 heavy (non-hydrogen) atoms. The molecule has 0 aromatic heterocycles. The molecule has 12 atom stereocenters. The molecule has 0 saturated carbocycles. The summed E-state index contributed by atoms with van der Waals surface area (Å²) >= 11 is 0. The van der Waals surface area contributed by atoms with Crippen LogP contribution in [-0.2, 0) is 23.7 Å². The standard InChI is InChI=1S/C66H115NO13/c1-3-5-7-9-11-13-15-17-19-21-23-25-26-27-28-30-31-33-35-37-39-41-43-45-47-49-55(70)54(53-77-65-63(76)61(74)64(57(52-69)79-65)80-66-62(75)60(73)59(72)56(51-68)78-66)67-58(71)50-48-46-44-42-40-38-36-34-32-29-24-22-20-18-16-14-12-10-8-6-4-2/h6,8,12,14,18,20,24,29,34,36,39,41,47,49,54-57,59-66,68-70,72-76H,3-5,7,9-11,13,15-17,19,21-23,25-28,30-33,35,37-38,40,42-46,48,50-53H2,1-2H3,(H,67,71)/b8-6-,14-12-,20-18-,29-24-,36-34-,41-39+,49-47+. The number of nitrogens with one attached hydrogen (secondary N) is 1. The van der Waals surface area contributed by atoms with Crippen molar-refractivity contribution in [3.8, 4) is 0 Å². The van der Waals surface area contributed by atoms with Crippen LogP contribution in [0.5, 0.6) is 0 Å². The molecule has 2 saturated heterocycles. The Hall–Kier alpha value is -2.83. The van der Waals surface area contributed by atoms with Gasteiger partial charge in [0, 0.05) is 6.42 Å². The number of aliphatic hydroxyl groups is 8. The van der Waals surface area contributed by atoms with E-state index < -0.39 is 86.8 Å². The van der Waals surface area contributed by atoms with Crippen molar-refractivity contribution in [1.82, 2.24) is 5.32 Å². The van der Waals surface area contributed by atoms with Gasteiger partial charge >= 0.3 is 0 Å². The largest absolute Gasteiger partial charge is 0.394 e. The van der Waals surface area contributed by atoms with Gasteiger partial charge in [-0.15, -0.1) is 0 Å². The highest BCUT2D eigenvalue weighted by Gasteiger charge is 2.51.